The fraction of sp³-hybridized carbons (Fsp3) is 0.929. The van der Waals surface area contributed by atoms with Gasteiger partial charge in [-0.1, -0.05) is 0 Å². The fourth-order valence-corrected chi connectivity index (χ4v) is 5.36. The van der Waals surface area contributed by atoms with Gasteiger partial charge in [0.25, 0.3) is 0 Å². The monoisotopic (exact) mass is 349 g/mol. The van der Waals surface area contributed by atoms with Crippen LogP contribution in [0.3, 0.4) is 0 Å². The highest BCUT2D eigenvalue weighted by molar-refractivity contribution is 7.99. The molecule has 0 spiro atoms. The molecular weight excluding hydrogens is 322 g/mol. The largest absolute Gasteiger partial charge is 0.355 e. The average molecular weight is 350 g/mol. The van der Waals surface area contributed by atoms with Crippen molar-refractivity contribution >= 4 is 27.7 Å². The summed E-state index contributed by atoms with van der Waals surface area (Å²) in [5.74, 6) is 2.34. The lowest BCUT2D eigenvalue weighted by Crippen LogP contribution is -2.41. The summed E-state index contributed by atoms with van der Waals surface area (Å²) in [6.45, 7) is 3.49. The Morgan fingerprint density at radius 3 is 2.59 bits per heavy atom. The number of hydrogen-bond donors (Lipinski definition) is 2. The number of carbonyl (C=O) groups excluding carboxylic acids is 1. The first kappa shape index (κ1) is 18.0. The number of nitrogens with one attached hydrogen (secondary N) is 2. The van der Waals surface area contributed by atoms with Crippen LogP contribution >= 0.6 is 11.8 Å². The van der Waals surface area contributed by atoms with Crippen molar-refractivity contribution in [2.45, 2.75) is 25.7 Å². The van der Waals surface area contributed by atoms with Gasteiger partial charge in [-0.2, -0.15) is 11.8 Å². The van der Waals surface area contributed by atoms with Crippen molar-refractivity contribution in [2.24, 2.45) is 5.92 Å². The number of rotatable bonds is 7. The first-order valence-electron chi connectivity index (χ1n) is 8.11. The summed E-state index contributed by atoms with van der Waals surface area (Å²) >= 11 is 1.78. The van der Waals surface area contributed by atoms with E-state index in [0.717, 1.165) is 43.9 Å². The van der Waals surface area contributed by atoms with Crippen molar-refractivity contribution in [2.75, 3.05) is 50.0 Å². The summed E-state index contributed by atoms with van der Waals surface area (Å²) < 4.78 is 25.8. The lowest BCUT2D eigenvalue weighted by Gasteiger charge is -2.25. The van der Waals surface area contributed by atoms with E-state index in [2.05, 4.69) is 10.6 Å². The van der Waals surface area contributed by atoms with Gasteiger partial charge in [0.05, 0.1) is 5.75 Å². The number of thioether (sulfide) groups is 1. The van der Waals surface area contributed by atoms with Crippen LogP contribution in [0.5, 0.6) is 0 Å². The third-order valence-electron chi connectivity index (χ3n) is 4.28. The van der Waals surface area contributed by atoms with E-state index < -0.39 is 10.0 Å². The molecule has 2 heterocycles. The van der Waals surface area contributed by atoms with E-state index in [4.69, 9.17) is 0 Å². The number of nitrogens with zero attached hydrogens (tertiary/aromatic N) is 1. The summed E-state index contributed by atoms with van der Waals surface area (Å²) in [4.78, 5) is 11.8. The Morgan fingerprint density at radius 2 is 1.91 bits per heavy atom. The van der Waals surface area contributed by atoms with Gasteiger partial charge in [0.2, 0.25) is 15.9 Å². The van der Waals surface area contributed by atoms with E-state index in [-0.39, 0.29) is 18.2 Å². The first-order chi connectivity index (χ1) is 10.6. The van der Waals surface area contributed by atoms with Crippen LogP contribution in [0.4, 0.5) is 0 Å². The maximum absolute atomic E-state index is 12.1. The van der Waals surface area contributed by atoms with Crippen molar-refractivity contribution in [3.8, 4) is 0 Å². The number of hydrogen-bond acceptors (Lipinski definition) is 5. The van der Waals surface area contributed by atoms with Gasteiger partial charge in [-0.05, 0) is 38.3 Å². The molecule has 0 radical (unpaired) electrons. The van der Waals surface area contributed by atoms with Crippen molar-refractivity contribution < 1.29 is 13.2 Å². The lowest BCUT2D eigenvalue weighted by molar-refractivity contribution is -0.121. The molecule has 0 saturated carbocycles. The zero-order chi connectivity index (χ0) is 15.8. The van der Waals surface area contributed by atoms with E-state index in [9.17, 15) is 13.2 Å². The Bertz CT molecular complexity index is 444. The Hall–Kier alpha value is -0.310. The van der Waals surface area contributed by atoms with Crippen LogP contribution in [0.2, 0.25) is 0 Å². The highest BCUT2D eigenvalue weighted by Gasteiger charge is 2.23. The molecule has 6 nitrogen and oxygen atoms in total. The van der Waals surface area contributed by atoms with Crippen molar-refractivity contribution in [3.63, 3.8) is 0 Å². The molecule has 0 aromatic rings. The fourth-order valence-electron chi connectivity index (χ4n) is 2.87. The molecule has 2 rings (SSSR count). The molecule has 128 valence electrons. The van der Waals surface area contributed by atoms with Gasteiger partial charge in [0.15, 0.2) is 0 Å². The summed E-state index contributed by atoms with van der Waals surface area (Å²) in [6.07, 6.45) is 3.68. The minimum Gasteiger partial charge on any atom is -0.355 e. The molecule has 2 aliphatic heterocycles. The van der Waals surface area contributed by atoms with Crippen LogP contribution in [0.1, 0.15) is 25.7 Å². The Kier molecular flexibility index (Phi) is 7.46. The molecule has 0 aliphatic carbocycles. The van der Waals surface area contributed by atoms with Crippen LogP contribution < -0.4 is 10.6 Å². The second kappa shape index (κ2) is 9.10. The van der Waals surface area contributed by atoms with Crippen LogP contribution in [0.25, 0.3) is 0 Å². The number of piperidine rings is 1. The zero-order valence-corrected chi connectivity index (χ0v) is 14.7. The zero-order valence-electron chi connectivity index (χ0n) is 13.1. The maximum Gasteiger partial charge on any atom is 0.220 e. The highest BCUT2D eigenvalue weighted by Crippen LogP contribution is 2.17. The van der Waals surface area contributed by atoms with Gasteiger partial charge in [-0.25, -0.2) is 12.7 Å². The predicted molar refractivity (Wildman–Crippen MR) is 90.5 cm³/mol. The van der Waals surface area contributed by atoms with Crippen LogP contribution in [0.15, 0.2) is 0 Å². The molecule has 0 bridgehead atoms. The molecule has 22 heavy (non-hydrogen) atoms. The molecule has 8 heteroatoms. The third kappa shape index (κ3) is 6.06. The molecule has 0 unspecified atom stereocenters. The van der Waals surface area contributed by atoms with Gasteiger partial charge in [0, 0.05) is 37.6 Å². The summed E-state index contributed by atoms with van der Waals surface area (Å²) in [6, 6.07) is 0. The Labute approximate surface area is 137 Å². The van der Waals surface area contributed by atoms with Crippen LogP contribution in [0, 0.1) is 5.92 Å². The van der Waals surface area contributed by atoms with Crippen molar-refractivity contribution in [1.82, 2.24) is 14.9 Å². The number of sulfonamides is 1. The minimum absolute atomic E-state index is 0.0107. The lowest BCUT2D eigenvalue weighted by atomic mass is 9.93. The van der Waals surface area contributed by atoms with E-state index in [0.29, 0.717) is 25.4 Å². The van der Waals surface area contributed by atoms with Gasteiger partial charge in [0.1, 0.15) is 0 Å². The molecule has 0 aromatic carbocycles. The quantitative estimate of drug-likeness (QED) is 0.689. The van der Waals surface area contributed by atoms with E-state index in [1.165, 1.54) is 0 Å². The minimum atomic E-state index is -3.22. The smallest absolute Gasteiger partial charge is 0.220 e. The molecule has 1 amide bonds. The maximum atomic E-state index is 12.1. The molecule has 0 aromatic heterocycles. The Balaban J connectivity index is 1.61. The van der Waals surface area contributed by atoms with E-state index in [1.807, 2.05) is 0 Å². The Morgan fingerprint density at radius 1 is 1.23 bits per heavy atom. The molecule has 2 saturated heterocycles. The van der Waals surface area contributed by atoms with Gasteiger partial charge in [-0.15, -0.1) is 0 Å². The van der Waals surface area contributed by atoms with Gasteiger partial charge < -0.3 is 10.6 Å². The standard InChI is InChI=1S/C14H27N3O3S2/c18-14(2-1-13-3-5-15-6-4-13)16-7-12-22(19,20)17-8-10-21-11-9-17/h13,15H,1-12H2,(H,16,18). The highest BCUT2D eigenvalue weighted by atomic mass is 32.2. The average Bonchev–Trinajstić information content (AvgIpc) is 2.54. The molecule has 0 atom stereocenters. The molecule has 2 aliphatic rings. The molecule has 2 fully saturated rings. The van der Waals surface area contributed by atoms with Crippen LogP contribution in [-0.4, -0.2) is 68.6 Å². The van der Waals surface area contributed by atoms with E-state index in [1.54, 1.807) is 16.1 Å². The van der Waals surface area contributed by atoms with E-state index >= 15 is 0 Å². The predicted octanol–water partition coefficient (Wildman–Crippen LogP) is 0.261. The SMILES string of the molecule is O=C(CCC1CCNCC1)NCCS(=O)(=O)N1CCSCC1. The topological polar surface area (TPSA) is 78.5 Å². The van der Waals surface area contributed by atoms with Gasteiger partial charge >= 0.3 is 0 Å². The van der Waals surface area contributed by atoms with Crippen molar-refractivity contribution in [1.29, 1.82) is 0 Å². The third-order valence-corrected chi connectivity index (χ3v) is 7.10. The summed E-state index contributed by atoms with van der Waals surface area (Å²) in [7, 11) is -3.22. The molecular formula is C14H27N3O3S2. The second-order valence-corrected chi connectivity index (χ2v) is 9.22. The van der Waals surface area contributed by atoms with Crippen molar-refractivity contribution in [3.05, 3.63) is 0 Å². The molecule has 2 N–H and O–H groups in total. The normalized spacial score (nSPS) is 21.6. The van der Waals surface area contributed by atoms with Gasteiger partial charge in [-0.3, -0.25) is 4.79 Å². The summed E-state index contributed by atoms with van der Waals surface area (Å²) in [5.41, 5.74) is 0. The number of carbonyl (C=O) groups is 1. The number of amides is 1. The van der Waals surface area contributed by atoms with Crippen LogP contribution in [-0.2, 0) is 14.8 Å². The second-order valence-electron chi connectivity index (χ2n) is 5.91. The first-order valence-corrected chi connectivity index (χ1v) is 10.9. The summed E-state index contributed by atoms with van der Waals surface area (Å²) in [5, 5.41) is 6.06.